The fourth-order valence-electron chi connectivity index (χ4n) is 4.07. The third kappa shape index (κ3) is 4.38. The van der Waals surface area contributed by atoms with Crippen molar-refractivity contribution in [2.24, 2.45) is 0 Å². The highest BCUT2D eigenvalue weighted by molar-refractivity contribution is 7.91. The number of carbonyl (C=O) groups excluding carboxylic acids is 2. The second kappa shape index (κ2) is 8.06. The van der Waals surface area contributed by atoms with Crippen LogP contribution in [0.5, 0.6) is 0 Å². The molecule has 1 aromatic carbocycles. The number of rotatable bonds is 4. The van der Waals surface area contributed by atoms with Gasteiger partial charge in [0, 0.05) is 5.70 Å². The van der Waals surface area contributed by atoms with Gasteiger partial charge in [0.05, 0.1) is 35.8 Å². The summed E-state index contributed by atoms with van der Waals surface area (Å²) >= 11 is 0. The topological polar surface area (TPSA) is 92.8 Å². The highest BCUT2D eigenvalue weighted by Crippen LogP contribution is 2.35. The van der Waals surface area contributed by atoms with E-state index in [-0.39, 0.29) is 23.5 Å². The van der Waals surface area contributed by atoms with Crippen LogP contribution in [-0.4, -0.2) is 49.5 Å². The molecular weight excluding hydrogens is 404 g/mol. The van der Waals surface area contributed by atoms with E-state index in [0.29, 0.717) is 17.7 Å². The normalized spacial score (nSPS) is 24.0. The lowest BCUT2D eigenvalue weighted by Gasteiger charge is -2.38. The van der Waals surface area contributed by atoms with Gasteiger partial charge in [-0.1, -0.05) is 45.0 Å². The van der Waals surface area contributed by atoms with Crippen LogP contribution in [0.25, 0.3) is 0 Å². The summed E-state index contributed by atoms with van der Waals surface area (Å²) in [6.45, 7) is 9.97. The molecular formula is C22H30N2O5S. The van der Waals surface area contributed by atoms with Crippen LogP contribution in [-0.2, 0) is 24.8 Å². The van der Waals surface area contributed by atoms with Gasteiger partial charge < -0.3 is 10.1 Å². The number of hydrogen-bond acceptors (Lipinski definition) is 5. The fourth-order valence-corrected chi connectivity index (χ4v) is 5.77. The quantitative estimate of drug-likeness (QED) is 0.735. The van der Waals surface area contributed by atoms with E-state index in [1.165, 1.54) is 4.90 Å². The molecule has 0 aromatic heterocycles. The Hall–Kier alpha value is -2.35. The van der Waals surface area contributed by atoms with Gasteiger partial charge in [0.15, 0.2) is 9.84 Å². The lowest BCUT2D eigenvalue weighted by molar-refractivity contribution is -0.139. The van der Waals surface area contributed by atoms with Crippen molar-refractivity contribution in [1.29, 1.82) is 0 Å². The summed E-state index contributed by atoms with van der Waals surface area (Å²) in [7, 11) is -3.18. The molecule has 2 aliphatic heterocycles. The first-order valence-electron chi connectivity index (χ1n) is 10.2. The Morgan fingerprint density at radius 2 is 1.87 bits per heavy atom. The molecule has 2 atom stereocenters. The fraction of sp³-hybridized carbons (Fsp3) is 0.545. The molecule has 0 spiro atoms. The number of ether oxygens (including phenoxy) is 1. The van der Waals surface area contributed by atoms with Gasteiger partial charge in [-0.3, -0.25) is 4.90 Å². The summed E-state index contributed by atoms with van der Waals surface area (Å²) in [5, 5.41) is 2.90. The largest absolute Gasteiger partial charge is 0.463 e. The van der Waals surface area contributed by atoms with Crippen molar-refractivity contribution in [1.82, 2.24) is 10.2 Å². The summed E-state index contributed by atoms with van der Waals surface area (Å²) < 4.78 is 29.2. The molecule has 164 valence electrons. The minimum Gasteiger partial charge on any atom is -0.463 e. The van der Waals surface area contributed by atoms with E-state index < -0.39 is 33.9 Å². The molecule has 0 aliphatic carbocycles. The Labute approximate surface area is 178 Å². The zero-order valence-electron chi connectivity index (χ0n) is 18.2. The molecule has 0 radical (unpaired) electrons. The van der Waals surface area contributed by atoms with E-state index >= 15 is 0 Å². The summed E-state index contributed by atoms with van der Waals surface area (Å²) in [6.07, 6.45) is 0.355. The van der Waals surface area contributed by atoms with Gasteiger partial charge in [-0.15, -0.1) is 0 Å². The van der Waals surface area contributed by atoms with Crippen LogP contribution in [0.3, 0.4) is 0 Å². The SMILES string of the molecule is CCOC(=O)C1=C(C)N(C2CCS(=O)(=O)C2)C(=O)NC1c1ccc(C(C)(C)C)cc1. The molecule has 0 saturated carbocycles. The number of amides is 2. The van der Waals surface area contributed by atoms with Crippen LogP contribution in [0.15, 0.2) is 35.5 Å². The van der Waals surface area contributed by atoms with Gasteiger partial charge in [0.25, 0.3) is 0 Å². The van der Waals surface area contributed by atoms with E-state index in [1.807, 2.05) is 24.3 Å². The van der Waals surface area contributed by atoms with Gasteiger partial charge in [-0.25, -0.2) is 18.0 Å². The highest BCUT2D eigenvalue weighted by Gasteiger charge is 2.42. The molecule has 3 rings (SSSR count). The standard InChI is InChI=1S/C22H30N2O5S/c1-6-29-20(25)18-14(2)24(17-11-12-30(27,28)13-17)21(26)23-19(18)15-7-9-16(10-8-15)22(3,4)5/h7-10,17,19H,6,11-13H2,1-5H3,(H,23,26). The predicted octanol–water partition coefficient (Wildman–Crippen LogP) is 3.07. The summed E-state index contributed by atoms with van der Waals surface area (Å²) in [5.74, 6) is -0.564. The molecule has 1 saturated heterocycles. The lowest BCUT2D eigenvalue weighted by atomic mass is 9.85. The zero-order chi connectivity index (χ0) is 22.3. The van der Waals surface area contributed by atoms with Crippen molar-refractivity contribution in [3.8, 4) is 0 Å². The molecule has 30 heavy (non-hydrogen) atoms. The highest BCUT2D eigenvalue weighted by atomic mass is 32.2. The van der Waals surface area contributed by atoms with Crippen LogP contribution in [0, 0.1) is 0 Å². The Morgan fingerprint density at radius 3 is 2.37 bits per heavy atom. The first-order chi connectivity index (χ1) is 13.9. The minimum atomic E-state index is -3.18. The molecule has 1 N–H and O–H groups in total. The number of allylic oxidation sites excluding steroid dienone is 1. The Morgan fingerprint density at radius 1 is 1.23 bits per heavy atom. The van der Waals surface area contributed by atoms with Gasteiger partial charge in [-0.05, 0) is 36.8 Å². The average Bonchev–Trinajstić information content (AvgIpc) is 3.00. The Kier molecular flexibility index (Phi) is 6.00. The van der Waals surface area contributed by atoms with Crippen LogP contribution < -0.4 is 5.32 Å². The number of urea groups is 1. The number of hydrogen-bond donors (Lipinski definition) is 1. The van der Waals surface area contributed by atoms with Crippen molar-refractivity contribution >= 4 is 21.8 Å². The van der Waals surface area contributed by atoms with E-state index in [0.717, 1.165) is 11.1 Å². The smallest absolute Gasteiger partial charge is 0.338 e. The van der Waals surface area contributed by atoms with E-state index in [1.54, 1.807) is 13.8 Å². The summed E-state index contributed by atoms with van der Waals surface area (Å²) in [4.78, 5) is 27.2. The molecule has 2 unspecified atom stereocenters. The zero-order valence-corrected chi connectivity index (χ0v) is 19.0. The first kappa shape index (κ1) is 22.3. The van der Waals surface area contributed by atoms with Crippen LogP contribution in [0.1, 0.15) is 58.2 Å². The second-order valence-electron chi connectivity index (χ2n) is 8.90. The number of sulfone groups is 1. The number of nitrogens with one attached hydrogen (secondary N) is 1. The Bertz CT molecular complexity index is 974. The van der Waals surface area contributed by atoms with E-state index in [2.05, 4.69) is 26.1 Å². The van der Waals surface area contributed by atoms with E-state index in [4.69, 9.17) is 4.74 Å². The summed E-state index contributed by atoms with van der Waals surface area (Å²) in [5.41, 5.74) is 2.69. The van der Waals surface area contributed by atoms with Crippen LogP contribution in [0.4, 0.5) is 4.79 Å². The first-order valence-corrected chi connectivity index (χ1v) is 12.0. The van der Waals surface area contributed by atoms with Gasteiger partial charge >= 0.3 is 12.0 Å². The number of nitrogens with zero attached hydrogens (tertiary/aromatic N) is 1. The second-order valence-corrected chi connectivity index (χ2v) is 11.1. The van der Waals surface area contributed by atoms with Crippen molar-refractivity contribution in [2.45, 2.75) is 58.5 Å². The number of esters is 1. The van der Waals surface area contributed by atoms with Crippen molar-refractivity contribution in [3.05, 3.63) is 46.7 Å². The molecule has 1 aromatic rings. The maximum absolute atomic E-state index is 13.0. The third-order valence-corrected chi connectivity index (χ3v) is 7.46. The van der Waals surface area contributed by atoms with Crippen molar-refractivity contribution in [2.75, 3.05) is 18.1 Å². The van der Waals surface area contributed by atoms with Gasteiger partial charge in [0.1, 0.15) is 0 Å². The molecule has 2 amide bonds. The van der Waals surface area contributed by atoms with E-state index in [9.17, 15) is 18.0 Å². The molecule has 8 heteroatoms. The molecule has 7 nitrogen and oxygen atoms in total. The van der Waals surface area contributed by atoms with Crippen LogP contribution in [0.2, 0.25) is 0 Å². The monoisotopic (exact) mass is 434 g/mol. The number of benzene rings is 1. The number of carbonyl (C=O) groups is 2. The molecule has 2 heterocycles. The Balaban J connectivity index is 2.03. The van der Waals surface area contributed by atoms with Crippen LogP contribution >= 0.6 is 0 Å². The average molecular weight is 435 g/mol. The van der Waals surface area contributed by atoms with Gasteiger partial charge in [0.2, 0.25) is 0 Å². The molecule has 2 aliphatic rings. The third-order valence-electron chi connectivity index (χ3n) is 5.71. The van der Waals surface area contributed by atoms with Gasteiger partial charge in [-0.2, -0.15) is 0 Å². The van der Waals surface area contributed by atoms with Crippen molar-refractivity contribution in [3.63, 3.8) is 0 Å². The minimum absolute atomic E-state index is 0.0190. The van der Waals surface area contributed by atoms with Crippen molar-refractivity contribution < 1.29 is 22.7 Å². The maximum Gasteiger partial charge on any atom is 0.338 e. The molecule has 0 bridgehead atoms. The summed E-state index contributed by atoms with van der Waals surface area (Å²) in [6, 6.07) is 6.28. The maximum atomic E-state index is 13.0. The predicted molar refractivity (Wildman–Crippen MR) is 115 cm³/mol. The molecule has 1 fully saturated rings. The lowest BCUT2D eigenvalue weighted by Crippen LogP contribution is -2.52.